The summed E-state index contributed by atoms with van der Waals surface area (Å²) in [6.45, 7) is 5.45. The highest BCUT2D eigenvalue weighted by molar-refractivity contribution is 6.01. The van der Waals surface area contributed by atoms with Crippen molar-refractivity contribution in [2.75, 3.05) is 45.7 Å². The summed E-state index contributed by atoms with van der Waals surface area (Å²) in [6.07, 6.45) is 0.903. The molecular weight excluding hydrogens is 462 g/mol. The zero-order chi connectivity index (χ0) is 26.7. The van der Waals surface area contributed by atoms with Gasteiger partial charge in [0.2, 0.25) is 17.7 Å². The van der Waals surface area contributed by atoms with Crippen LogP contribution >= 0.6 is 0 Å². The summed E-state index contributed by atoms with van der Waals surface area (Å²) in [5, 5.41) is 2.88. The molecular formula is C26H37N5O5. The molecule has 3 rings (SSSR count). The molecule has 10 nitrogen and oxygen atoms in total. The average Bonchev–Trinajstić information content (AvgIpc) is 3.39. The number of anilines is 1. The number of nitrogens with zero attached hydrogens (tertiary/aromatic N) is 4. The minimum absolute atomic E-state index is 0.0802. The molecule has 2 saturated heterocycles. The molecule has 2 aliphatic rings. The summed E-state index contributed by atoms with van der Waals surface area (Å²) >= 11 is 0. The normalized spacial score (nSPS) is 19.8. The Labute approximate surface area is 212 Å². The van der Waals surface area contributed by atoms with Crippen molar-refractivity contribution in [1.82, 2.24) is 20.0 Å². The van der Waals surface area contributed by atoms with Gasteiger partial charge in [-0.15, -0.1) is 0 Å². The maximum atomic E-state index is 13.6. The molecule has 196 valence electrons. The van der Waals surface area contributed by atoms with E-state index in [1.165, 1.54) is 28.7 Å². The third-order valence-corrected chi connectivity index (χ3v) is 6.89. The van der Waals surface area contributed by atoms with Gasteiger partial charge in [-0.1, -0.05) is 13.8 Å². The number of carbonyl (C=O) groups is 5. The van der Waals surface area contributed by atoms with E-state index in [0.717, 1.165) is 5.69 Å². The van der Waals surface area contributed by atoms with E-state index in [1.807, 2.05) is 45.0 Å². The highest BCUT2D eigenvalue weighted by Gasteiger charge is 2.52. The van der Waals surface area contributed by atoms with Gasteiger partial charge in [0.15, 0.2) is 5.78 Å². The zero-order valence-electron chi connectivity index (χ0n) is 22.0. The van der Waals surface area contributed by atoms with Gasteiger partial charge >= 0.3 is 0 Å². The first-order valence-corrected chi connectivity index (χ1v) is 12.3. The van der Waals surface area contributed by atoms with Gasteiger partial charge in [-0.3, -0.25) is 24.0 Å². The molecule has 0 saturated carbocycles. The van der Waals surface area contributed by atoms with Crippen molar-refractivity contribution in [1.29, 1.82) is 0 Å². The maximum Gasteiger partial charge on any atom is 0.251 e. The van der Waals surface area contributed by atoms with Gasteiger partial charge in [0.05, 0.1) is 19.1 Å². The number of likely N-dealkylation sites (N-methyl/N-ethyl adjacent to an activating group) is 1. The fourth-order valence-corrected chi connectivity index (χ4v) is 4.84. The molecule has 10 heteroatoms. The number of nitrogens with one attached hydrogen (secondary N) is 1. The monoisotopic (exact) mass is 499 g/mol. The predicted octanol–water partition coefficient (Wildman–Crippen LogP) is 0.756. The van der Waals surface area contributed by atoms with E-state index < -0.39 is 18.1 Å². The van der Waals surface area contributed by atoms with Crippen LogP contribution in [0.15, 0.2) is 24.3 Å². The van der Waals surface area contributed by atoms with Crippen LogP contribution < -0.4 is 10.2 Å². The van der Waals surface area contributed by atoms with Crippen molar-refractivity contribution in [3.63, 3.8) is 0 Å². The molecule has 0 spiro atoms. The third-order valence-electron chi connectivity index (χ3n) is 6.89. The van der Waals surface area contributed by atoms with Gasteiger partial charge < -0.3 is 24.9 Å². The van der Waals surface area contributed by atoms with Crippen molar-refractivity contribution in [3.8, 4) is 0 Å². The lowest BCUT2D eigenvalue weighted by atomic mass is 10.0. The molecule has 2 heterocycles. The number of benzene rings is 1. The minimum atomic E-state index is -0.786. The van der Waals surface area contributed by atoms with Crippen LogP contribution in [-0.4, -0.2) is 103 Å². The summed E-state index contributed by atoms with van der Waals surface area (Å²) in [6, 6.07) is 5.19. The molecule has 2 unspecified atom stereocenters. The molecule has 0 bridgehead atoms. The summed E-state index contributed by atoms with van der Waals surface area (Å²) in [5.41, 5.74) is 1.41. The number of likely N-dealkylation sites (tertiary alicyclic amines) is 2. The number of Topliss-reactive ketones (excluding diaryl/α,β-unsaturated/α-hetero) is 1. The Morgan fingerprint density at radius 2 is 1.69 bits per heavy atom. The van der Waals surface area contributed by atoms with Gasteiger partial charge in [-0.05, 0) is 43.0 Å². The second-order valence-corrected chi connectivity index (χ2v) is 10.3. The Bertz CT molecular complexity index is 1020. The number of hydrogen-bond acceptors (Lipinski definition) is 6. The van der Waals surface area contributed by atoms with Crippen LogP contribution in [0.5, 0.6) is 0 Å². The van der Waals surface area contributed by atoms with E-state index in [-0.39, 0.29) is 48.4 Å². The third kappa shape index (κ3) is 5.85. The Kier molecular flexibility index (Phi) is 8.37. The standard InChI is InChI=1S/C26H37N5O5/c1-16(2)13-20(27-25(35)18-7-9-19(10-8-18)28(4)5)26(36)30-12-11-21-24(30)22(33)14-31(21)23(34)15-29(6)17(3)32/h7-10,16,20-21,24H,11-15H2,1-6H3,(H,27,35)/t20-,21?,24?/m0/s1. The molecule has 0 radical (unpaired) electrons. The molecule has 1 aromatic carbocycles. The number of amides is 4. The minimum Gasteiger partial charge on any atom is -0.378 e. The van der Waals surface area contributed by atoms with E-state index in [1.54, 1.807) is 12.1 Å². The summed E-state index contributed by atoms with van der Waals surface area (Å²) < 4.78 is 0. The predicted molar refractivity (Wildman–Crippen MR) is 135 cm³/mol. The number of hydrogen-bond donors (Lipinski definition) is 1. The number of fused-ring (bicyclic) bond motifs is 1. The van der Waals surface area contributed by atoms with Crippen molar-refractivity contribution in [3.05, 3.63) is 29.8 Å². The topological polar surface area (TPSA) is 110 Å². The molecule has 3 atom stereocenters. The quantitative estimate of drug-likeness (QED) is 0.565. The second-order valence-electron chi connectivity index (χ2n) is 10.3. The Hall–Kier alpha value is -3.43. The first kappa shape index (κ1) is 27.2. The maximum absolute atomic E-state index is 13.6. The van der Waals surface area contributed by atoms with Gasteiger partial charge in [0.1, 0.15) is 12.1 Å². The number of carbonyl (C=O) groups excluding carboxylic acids is 5. The second kappa shape index (κ2) is 11.1. The molecule has 1 N–H and O–H groups in total. The Morgan fingerprint density at radius 1 is 1.06 bits per heavy atom. The molecule has 2 aliphatic heterocycles. The van der Waals surface area contributed by atoms with E-state index in [0.29, 0.717) is 24.9 Å². The van der Waals surface area contributed by atoms with E-state index in [9.17, 15) is 24.0 Å². The lowest BCUT2D eigenvalue weighted by Gasteiger charge is -2.29. The highest BCUT2D eigenvalue weighted by Crippen LogP contribution is 2.31. The fraction of sp³-hybridized carbons (Fsp3) is 0.577. The average molecular weight is 500 g/mol. The van der Waals surface area contributed by atoms with Crippen molar-refractivity contribution in [2.24, 2.45) is 5.92 Å². The van der Waals surface area contributed by atoms with Crippen LogP contribution in [0, 0.1) is 5.92 Å². The Balaban J connectivity index is 1.73. The van der Waals surface area contributed by atoms with Crippen LogP contribution in [0.3, 0.4) is 0 Å². The van der Waals surface area contributed by atoms with Crippen LogP contribution in [0.2, 0.25) is 0 Å². The molecule has 0 aliphatic carbocycles. The lowest BCUT2D eigenvalue weighted by Crippen LogP contribution is -2.53. The zero-order valence-corrected chi connectivity index (χ0v) is 22.0. The Morgan fingerprint density at radius 3 is 2.25 bits per heavy atom. The van der Waals surface area contributed by atoms with Crippen LogP contribution in [0.4, 0.5) is 5.69 Å². The van der Waals surface area contributed by atoms with Crippen molar-refractivity contribution in [2.45, 2.75) is 51.7 Å². The van der Waals surface area contributed by atoms with Gasteiger partial charge in [0, 0.05) is 45.9 Å². The van der Waals surface area contributed by atoms with E-state index in [4.69, 9.17) is 0 Å². The van der Waals surface area contributed by atoms with Crippen LogP contribution in [0.1, 0.15) is 44.0 Å². The summed E-state index contributed by atoms with van der Waals surface area (Å²) in [7, 11) is 5.36. The molecule has 0 aromatic heterocycles. The number of rotatable bonds is 8. The smallest absolute Gasteiger partial charge is 0.251 e. The number of ketones is 1. The first-order chi connectivity index (χ1) is 16.9. The fourth-order valence-electron chi connectivity index (χ4n) is 4.84. The largest absolute Gasteiger partial charge is 0.378 e. The van der Waals surface area contributed by atoms with Crippen molar-refractivity contribution < 1.29 is 24.0 Å². The van der Waals surface area contributed by atoms with Crippen LogP contribution in [-0.2, 0) is 19.2 Å². The lowest BCUT2D eigenvalue weighted by molar-refractivity contribution is -0.139. The summed E-state index contributed by atoms with van der Waals surface area (Å²) in [5.74, 6) is -1.27. The van der Waals surface area contributed by atoms with Gasteiger partial charge in [-0.25, -0.2) is 0 Å². The van der Waals surface area contributed by atoms with Gasteiger partial charge in [-0.2, -0.15) is 0 Å². The van der Waals surface area contributed by atoms with Crippen molar-refractivity contribution >= 4 is 35.1 Å². The molecule has 4 amide bonds. The first-order valence-electron chi connectivity index (χ1n) is 12.3. The van der Waals surface area contributed by atoms with Gasteiger partial charge in [0.25, 0.3) is 5.91 Å². The molecule has 36 heavy (non-hydrogen) atoms. The molecule has 1 aromatic rings. The van der Waals surface area contributed by atoms with Crippen LogP contribution in [0.25, 0.3) is 0 Å². The van der Waals surface area contributed by atoms with E-state index in [2.05, 4.69) is 5.32 Å². The summed E-state index contributed by atoms with van der Waals surface area (Å²) in [4.78, 5) is 70.1. The SMILES string of the molecule is CC(=O)N(C)CC(=O)N1CC(=O)C2C1CCN2C(=O)[C@H](CC(C)C)NC(=O)c1ccc(N(C)C)cc1. The van der Waals surface area contributed by atoms with E-state index >= 15 is 0 Å². The highest BCUT2D eigenvalue weighted by atomic mass is 16.2. The molecule has 2 fully saturated rings.